The molecule has 0 N–H and O–H groups in total. The molecule has 0 saturated heterocycles. The second-order valence-corrected chi connectivity index (χ2v) is 6.42. The monoisotopic (exact) mass is 364 g/mol. The fourth-order valence-corrected chi connectivity index (χ4v) is 3.03. The maximum atomic E-state index is 12.9. The van der Waals surface area contributed by atoms with Crippen LogP contribution >= 0.6 is 0 Å². The van der Waals surface area contributed by atoms with E-state index in [1.807, 2.05) is 49.4 Å². The van der Waals surface area contributed by atoms with Crippen molar-refractivity contribution in [3.05, 3.63) is 66.7 Å². The van der Waals surface area contributed by atoms with Gasteiger partial charge >= 0.3 is 0 Å². The lowest BCUT2D eigenvalue weighted by Gasteiger charge is -2.32. The van der Waals surface area contributed by atoms with E-state index in [1.54, 1.807) is 29.0 Å². The third-order valence-electron chi connectivity index (χ3n) is 4.77. The van der Waals surface area contributed by atoms with Crippen molar-refractivity contribution in [2.45, 2.75) is 19.1 Å². The molecule has 1 aliphatic heterocycles. The second kappa shape index (κ2) is 7.11. The van der Waals surface area contributed by atoms with Crippen molar-refractivity contribution in [2.75, 3.05) is 13.7 Å². The van der Waals surface area contributed by atoms with Crippen LogP contribution in [0.15, 0.2) is 61.2 Å². The fraction of sp³-hybridized carbons (Fsp3) is 0.250. The summed E-state index contributed by atoms with van der Waals surface area (Å²) in [5.41, 5.74) is 1.94. The molecule has 0 spiro atoms. The molecule has 0 bridgehead atoms. The van der Waals surface area contributed by atoms with Gasteiger partial charge in [-0.2, -0.15) is 5.10 Å². The molecule has 1 aliphatic rings. The molecule has 2 heterocycles. The lowest BCUT2D eigenvalue weighted by atomic mass is 10.1. The number of fused-ring (bicyclic) bond motifs is 1. The van der Waals surface area contributed by atoms with Gasteiger partial charge in [0.15, 0.2) is 11.5 Å². The first-order valence-corrected chi connectivity index (χ1v) is 8.73. The first-order chi connectivity index (χ1) is 13.1. The summed E-state index contributed by atoms with van der Waals surface area (Å²) in [7, 11) is 1.78. The minimum Gasteiger partial charge on any atom is -0.485 e. The standard InChI is InChI=1S/C20H20N4O3/c1-14(15-7-9-16(10-8-15)24-13-21-12-22-24)23(2)20(25)19-11-26-17-5-3-4-6-18(17)27-19/h3-10,12-14,19H,11H2,1-2H3/t14-,19-/m0/s1. The van der Waals surface area contributed by atoms with Gasteiger partial charge in [-0.25, -0.2) is 9.67 Å². The molecule has 1 aromatic heterocycles. The summed E-state index contributed by atoms with van der Waals surface area (Å²) in [6.45, 7) is 2.19. The van der Waals surface area contributed by atoms with Crippen molar-refractivity contribution in [1.82, 2.24) is 19.7 Å². The average Bonchev–Trinajstić information content (AvgIpc) is 3.27. The van der Waals surface area contributed by atoms with E-state index in [0.717, 1.165) is 11.3 Å². The Morgan fingerprint density at radius 1 is 1.19 bits per heavy atom. The van der Waals surface area contributed by atoms with Crippen LogP contribution in [0.5, 0.6) is 11.5 Å². The van der Waals surface area contributed by atoms with E-state index in [0.29, 0.717) is 11.5 Å². The van der Waals surface area contributed by atoms with Crippen LogP contribution in [0.3, 0.4) is 0 Å². The SMILES string of the molecule is C[C@@H](c1ccc(-n2cncn2)cc1)N(C)C(=O)[C@@H]1COc2ccccc2O1. The van der Waals surface area contributed by atoms with E-state index < -0.39 is 6.10 Å². The molecule has 0 unspecified atom stereocenters. The molecule has 1 amide bonds. The second-order valence-electron chi connectivity index (χ2n) is 6.42. The zero-order valence-electron chi connectivity index (χ0n) is 15.1. The molecule has 138 valence electrons. The van der Waals surface area contributed by atoms with Crippen LogP contribution in [0.2, 0.25) is 0 Å². The number of nitrogens with zero attached hydrogens (tertiary/aromatic N) is 4. The Kier molecular flexibility index (Phi) is 4.50. The molecule has 2 aromatic carbocycles. The normalized spacial score (nSPS) is 16.6. The van der Waals surface area contributed by atoms with Gasteiger partial charge in [-0.3, -0.25) is 4.79 Å². The highest BCUT2D eigenvalue weighted by atomic mass is 16.6. The van der Waals surface area contributed by atoms with Crippen molar-refractivity contribution >= 4 is 5.91 Å². The van der Waals surface area contributed by atoms with Crippen molar-refractivity contribution in [2.24, 2.45) is 0 Å². The Hall–Kier alpha value is -3.35. The third-order valence-corrected chi connectivity index (χ3v) is 4.77. The summed E-state index contributed by atoms with van der Waals surface area (Å²) < 4.78 is 13.2. The Balaban J connectivity index is 1.46. The van der Waals surface area contributed by atoms with Crippen molar-refractivity contribution in [3.8, 4) is 17.2 Å². The highest BCUT2D eigenvalue weighted by Crippen LogP contribution is 2.32. The number of ether oxygens (including phenoxy) is 2. The third kappa shape index (κ3) is 3.36. The molecular weight excluding hydrogens is 344 g/mol. The molecule has 27 heavy (non-hydrogen) atoms. The largest absolute Gasteiger partial charge is 0.485 e. The molecule has 0 radical (unpaired) electrons. The Labute approximate surface area is 157 Å². The molecule has 4 rings (SSSR count). The topological polar surface area (TPSA) is 69.5 Å². The first-order valence-electron chi connectivity index (χ1n) is 8.73. The summed E-state index contributed by atoms with van der Waals surface area (Å²) in [6.07, 6.45) is 2.49. The first kappa shape index (κ1) is 17.1. The number of carbonyl (C=O) groups excluding carboxylic acids is 1. The van der Waals surface area contributed by atoms with E-state index in [9.17, 15) is 4.79 Å². The molecule has 0 fully saturated rings. The van der Waals surface area contributed by atoms with Crippen molar-refractivity contribution < 1.29 is 14.3 Å². The summed E-state index contributed by atoms with van der Waals surface area (Å²) >= 11 is 0. The van der Waals surface area contributed by atoms with Gasteiger partial charge in [0.05, 0.1) is 11.7 Å². The summed E-state index contributed by atoms with van der Waals surface area (Å²) in [4.78, 5) is 18.5. The highest BCUT2D eigenvalue weighted by Gasteiger charge is 2.31. The number of aromatic nitrogens is 3. The van der Waals surface area contributed by atoms with E-state index in [1.165, 1.54) is 6.33 Å². The van der Waals surface area contributed by atoms with Crippen LogP contribution in [-0.4, -0.2) is 45.3 Å². The lowest BCUT2D eigenvalue weighted by Crippen LogP contribution is -2.45. The van der Waals surface area contributed by atoms with Gasteiger partial charge in [-0.15, -0.1) is 0 Å². The number of amides is 1. The summed E-state index contributed by atoms with van der Waals surface area (Å²) in [5.74, 6) is 1.15. The predicted molar refractivity (Wildman–Crippen MR) is 98.9 cm³/mol. The molecule has 0 aliphatic carbocycles. The van der Waals surface area contributed by atoms with Gasteiger partial charge in [0.25, 0.3) is 5.91 Å². The maximum Gasteiger partial charge on any atom is 0.267 e. The Morgan fingerprint density at radius 3 is 2.63 bits per heavy atom. The number of hydrogen-bond donors (Lipinski definition) is 0. The van der Waals surface area contributed by atoms with E-state index in [2.05, 4.69) is 10.1 Å². The molecule has 7 nitrogen and oxygen atoms in total. The fourth-order valence-electron chi connectivity index (χ4n) is 3.03. The summed E-state index contributed by atoms with van der Waals surface area (Å²) in [5, 5.41) is 4.11. The Morgan fingerprint density at radius 2 is 1.93 bits per heavy atom. The average molecular weight is 364 g/mol. The van der Waals surface area contributed by atoms with Crippen LogP contribution < -0.4 is 9.47 Å². The van der Waals surface area contributed by atoms with Crippen molar-refractivity contribution in [1.29, 1.82) is 0 Å². The number of carbonyl (C=O) groups is 1. The smallest absolute Gasteiger partial charge is 0.267 e. The highest BCUT2D eigenvalue weighted by molar-refractivity contribution is 5.82. The molecule has 7 heteroatoms. The molecular formula is C20H20N4O3. The van der Waals surface area contributed by atoms with Crippen LogP contribution in [0.1, 0.15) is 18.5 Å². The van der Waals surface area contributed by atoms with Gasteiger partial charge in [0.1, 0.15) is 19.3 Å². The van der Waals surface area contributed by atoms with E-state index >= 15 is 0 Å². The van der Waals surface area contributed by atoms with Gasteiger partial charge in [0, 0.05) is 7.05 Å². The van der Waals surface area contributed by atoms with Crippen LogP contribution in [0, 0.1) is 0 Å². The minimum absolute atomic E-state index is 0.108. The maximum absolute atomic E-state index is 12.9. The zero-order chi connectivity index (χ0) is 18.8. The van der Waals surface area contributed by atoms with Crippen molar-refractivity contribution in [3.63, 3.8) is 0 Å². The van der Waals surface area contributed by atoms with Crippen LogP contribution in [-0.2, 0) is 4.79 Å². The number of rotatable bonds is 4. The zero-order valence-corrected chi connectivity index (χ0v) is 15.1. The molecule has 0 saturated carbocycles. The molecule has 2 atom stereocenters. The number of para-hydroxylation sites is 2. The number of likely N-dealkylation sites (N-methyl/N-ethyl adjacent to an activating group) is 1. The number of benzene rings is 2. The van der Waals surface area contributed by atoms with Crippen LogP contribution in [0.25, 0.3) is 5.69 Å². The minimum atomic E-state index is -0.651. The van der Waals surface area contributed by atoms with E-state index in [-0.39, 0.29) is 18.6 Å². The Bertz CT molecular complexity index is 925. The quantitative estimate of drug-likeness (QED) is 0.712. The van der Waals surface area contributed by atoms with Gasteiger partial charge in [0.2, 0.25) is 6.10 Å². The van der Waals surface area contributed by atoms with Crippen LogP contribution in [0.4, 0.5) is 0 Å². The molecule has 3 aromatic rings. The predicted octanol–water partition coefficient (Wildman–Crippen LogP) is 2.63. The van der Waals surface area contributed by atoms with Gasteiger partial charge in [-0.1, -0.05) is 24.3 Å². The van der Waals surface area contributed by atoms with Gasteiger partial charge < -0.3 is 14.4 Å². The lowest BCUT2D eigenvalue weighted by molar-refractivity contribution is -0.141. The number of hydrogen-bond acceptors (Lipinski definition) is 5. The van der Waals surface area contributed by atoms with Gasteiger partial charge in [-0.05, 0) is 36.8 Å². The van der Waals surface area contributed by atoms with E-state index in [4.69, 9.17) is 9.47 Å². The summed E-state index contributed by atoms with van der Waals surface area (Å²) in [6, 6.07) is 15.1.